The van der Waals surface area contributed by atoms with Gasteiger partial charge in [-0.2, -0.15) is 0 Å². The van der Waals surface area contributed by atoms with Gasteiger partial charge >= 0.3 is 6.09 Å². The summed E-state index contributed by atoms with van der Waals surface area (Å²) in [7, 11) is 1.79. The van der Waals surface area contributed by atoms with Crippen LogP contribution in [0.2, 0.25) is 5.02 Å². The third-order valence-electron chi connectivity index (χ3n) is 5.42. The van der Waals surface area contributed by atoms with Gasteiger partial charge in [-0.15, -0.1) is 0 Å². The summed E-state index contributed by atoms with van der Waals surface area (Å²) in [5.74, 6) is 0.726. The predicted molar refractivity (Wildman–Crippen MR) is 114 cm³/mol. The van der Waals surface area contributed by atoms with Crippen LogP contribution in [0.4, 0.5) is 10.6 Å². The quantitative estimate of drug-likeness (QED) is 0.593. The van der Waals surface area contributed by atoms with Crippen LogP contribution in [0.25, 0.3) is 22.1 Å². The molecular formula is C21H25ClN4O3. The van der Waals surface area contributed by atoms with Crippen LogP contribution in [0.3, 0.4) is 0 Å². The fourth-order valence-corrected chi connectivity index (χ4v) is 3.88. The standard InChI is InChI=1S/C21H25ClN4O3/c1-20(2,3)29-19(27)25(5)21(4)8-9-26(11-21)18-17-16(23-12-24-18)14-10-13(22)6-7-15(14)28-17/h6-7,10,12H,8-9,11H2,1-5H3/t21-/m1/s1. The number of anilines is 1. The van der Waals surface area contributed by atoms with E-state index >= 15 is 0 Å². The van der Waals surface area contributed by atoms with E-state index in [2.05, 4.69) is 21.8 Å². The molecule has 1 atom stereocenters. The van der Waals surface area contributed by atoms with Gasteiger partial charge in [0.05, 0.1) is 5.54 Å². The third-order valence-corrected chi connectivity index (χ3v) is 5.66. The molecular weight excluding hydrogens is 392 g/mol. The molecule has 1 fully saturated rings. The van der Waals surface area contributed by atoms with Crippen molar-refractivity contribution in [2.75, 3.05) is 25.0 Å². The average molecular weight is 417 g/mol. The van der Waals surface area contributed by atoms with E-state index in [1.165, 1.54) is 0 Å². The molecule has 3 aromatic rings. The largest absolute Gasteiger partial charge is 0.450 e. The second-order valence-corrected chi connectivity index (χ2v) is 9.26. The van der Waals surface area contributed by atoms with Crippen LogP contribution >= 0.6 is 11.6 Å². The Morgan fingerprint density at radius 2 is 2.10 bits per heavy atom. The first-order chi connectivity index (χ1) is 13.6. The Kier molecular flexibility index (Phi) is 4.61. The minimum absolute atomic E-state index is 0.326. The zero-order chi connectivity index (χ0) is 21.0. The van der Waals surface area contributed by atoms with Gasteiger partial charge in [-0.1, -0.05) is 11.6 Å². The summed E-state index contributed by atoms with van der Waals surface area (Å²) < 4.78 is 11.6. The second-order valence-electron chi connectivity index (χ2n) is 8.83. The summed E-state index contributed by atoms with van der Waals surface area (Å²) in [6.45, 7) is 9.03. The van der Waals surface area contributed by atoms with Gasteiger partial charge in [0.2, 0.25) is 0 Å². The SMILES string of the molecule is CN(C(=O)OC(C)(C)C)[C@]1(C)CCN(c2ncnc3c2oc2ccc(Cl)cc23)C1. The third kappa shape index (κ3) is 3.59. The molecule has 1 amide bonds. The van der Waals surface area contributed by atoms with Crippen molar-refractivity contribution in [1.29, 1.82) is 0 Å². The molecule has 0 unspecified atom stereocenters. The normalized spacial score (nSPS) is 19.9. The number of furan rings is 1. The lowest BCUT2D eigenvalue weighted by molar-refractivity contribution is 0.0116. The maximum atomic E-state index is 12.6. The molecule has 154 valence electrons. The van der Waals surface area contributed by atoms with Crippen molar-refractivity contribution in [3.05, 3.63) is 29.5 Å². The Labute approximate surface area is 174 Å². The van der Waals surface area contributed by atoms with Crippen LogP contribution in [-0.2, 0) is 4.74 Å². The van der Waals surface area contributed by atoms with Crippen LogP contribution in [-0.4, -0.2) is 52.2 Å². The molecule has 1 aromatic carbocycles. The van der Waals surface area contributed by atoms with Gasteiger partial charge in [0.15, 0.2) is 11.4 Å². The van der Waals surface area contributed by atoms with Gasteiger partial charge in [0, 0.05) is 30.5 Å². The monoisotopic (exact) mass is 416 g/mol. The zero-order valence-electron chi connectivity index (χ0n) is 17.3. The number of hydrogen-bond acceptors (Lipinski definition) is 6. The molecule has 7 nitrogen and oxygen atoms in total. The summed E-state index contributed by atoms with van der Waals surface area (Å²) >= 11 is 6.15. The van der Waals surface area contributed by atoms with Crippen molar-refractivity contribution in [3.63, 3.8) is 0 Å². The Hall–Kier alpha value is -2.54. The van der Waals surface area contributed by atoms with E-state index in [1.54, 1.807) is 24.3 Å². The molecule has 2 aromatic heterocycles. The summed E-state index contributed by atoms with van der Waals surface area (Å²) in [4.78, 5) is 25.3. The Morgan fingerprint density at radius 3 is 2.83 bits per heavy atom. The van der Waals surface area contributed by atoms with E-state index in [0.29, 0.717) is 17.2 Å². The number of hydrogen-bond donors (Lipinski definition) is 0. The number of fused-ring (bicyclic) bond motifs is 3. The molecule has 8 heteroatoms. The highest BCUT2D eigenvalue weighted by Gasteiger charge is 2.42. The van der Waals surface area contributed by atoms with E-state index in [4.69, 9.17) is 20.8 Å². The number of nitrogens with zero attached hydrogens (tertiary/aromatic N) is 4. The van der Waals surface area contributed by atoms with Crippen molar-refractivity contribution >= 4 is 45.6 Å². The van der Waals surface area contributed by atoms with Gasteiger partial charge in [0.1, 0.15) is 23.0 Å². The molecule has 0 radical (unpaired) electrons. The molecule has 29 heavy (non-hydrogen) atoms. The Morgan fingerprint density at radius 1 is 1.34 bits per heavy atom. The fourth-order valence-electron chi connectivity index (χ4n) is 3.71. The molecule has 1 saturated heterocycles. The van der Waals surface area contributed by atoms with Crippen LogP contribution in [0.1, 0.15) is 34.1 Å². The highest BCUT2D eigenvalue weighted by atomic mass is 35.5. The van der Waals surface area contributed by atoms with Crippen molar-refractivity contribution in [2.24, 2.45) is 0 Å². The molecule has 1 aliphatic rings. The van der Waals surface area contributed by atoms with Crippen LogP contribution < -0.4 is 4.90 Å². The number of ether oxygens (including phenoxy) is 1. The summed E-state index contributed by atoms with van der Waals surface area (Å²) in [6, 6.07) is 5.49. The maximum Gasteiger partial charge on any atom is 0.410 e. The van der Waals surface area contributed by atoms with Gasteiger partial charge in [-0.3, -0.25) is 0 Å². The lowest BCUT2D eigenvalue weighted by Crippen LogP contribution is -2.50. The van der Waals surface area contributed by atoms with Crippen LogP contribution in [0, 0.1) is 0 Å². The number of rotatable bonds is 2. The molecule has 0 bridgehead atoms. The zero-order valence-corrected chi connectivity index (χ0v) is 18.1. The number of carbonyl (C=O) groups is 1. The van der Waals surface area contributed by atoms with Gasteiger partial charge in [0.25, 0.3) is 0 Å². The number of halogens is 1. The lowest BCUT2D eigenvalue weighted by atomic mass is 10.0. The van der Waals surface area contributed by atoms with E-state index in [9.17, 15) is 4.79 Å². The smallest absolute Gasteiger partial charge is 0.410 e. The van der Waals surface area contributed by atoms with Crippen molar-refractivity contribution in [3.8, 4) is 0 Å². The number of amides is 1. The minimum Gasteiger partial charge on any atom is -0.450 e. The molecule has 0 saturated carbocycles. The molecule has 0 N–H and O–H groups in total. The molecule has 3 heterocycles. The van der Waals surface area contributed by atoms with Gasteiger partial charge in [-0.05, 0) is 52.3 Å². The highest BCUT2D eigenvalue weighted by Crippen LogP contribution is 2.37. The van der Waals surface area contributed by atoms with E-state index in [0.717, 1.165) is 35.3 Å². The predicted octanol–water partition coefficient (Wildman–Crippen LogP) is 4.87. The van der Waals surface area contributed by atoms with Crippen LogP contribution in [0.15, 0.2) is 28.9 Å². The van der Waals surface area contributed by atoms with E-state index < -0.39 is 5.60 Å². The molecule has 0 aliphatic carbocycles. The second kappa shape index (κ2) is 6.76. The van der Waals surface area contributed by atoms with Crippen molar-refractivity contribution in [1.82, 2.24) is 14.9 Å². The van der Waals surface area contributed by atoms with Gasteiger partial charge < -0.3 is 19.0 Å². The first kappa shape index (κ1) is 19.8. The summed E-state index contributed by atoms with van der Waals surface area (Å²) in [5.41, 5.74) is 1.18. The maximum absolute atomic E-state index is 12.6. The molecule has 4 rings (SSSR count). The Bertz CT molecular complexity index is 1090. The van der Waals surface area contributed by atoms with Crippen LogP contribution in [0.5, 0.6) is 0 Å². The minimum atomic E-state index is -0.533. The van der Waals surface area contributed by atoms with Crippen molar-refractivity contribution in [2.45, 2.75) is 45.3 Å². The van der Waals surface area contributed by atoms with E-state index in [-0.39, 0.29) is 11.6 Å². The first-order valence-electron chi connectivity index (χ1n) is 9.62. The highest BCUT2D eigenvalue weighted by molar-refractivity contribution is 6.31. The number of carbonyl (C=O) groups excluding carboxylic acids is 1. The summed E-state index contributed by atoms with van der Waals surface area (Å²) in [6.07, 6.45) is 2.01. The molecule has 1 aliphatic heterocycles. The molecule has 0 spiro atoms. The lowest BCUT2D eigenvalue weighted by Gasteiger charge is -2.36. The topological polar surface area (TPSA) is 71.7 Å². The van der Waals surface area contributed by atoms with E-state index in [1.807, 2.05) is 32.9 Å². The number of likely N-dealkylation sites (N-methyl/N-ethyl adjacent to an activating group) is 1. The average Bonchev–Trinajstić information content (AvgIpc) is 3.21. The number of aromatic nitrogens is 2. The summed E-state index contributed by atoms with van der Waals surface area (Å²) in [5, 5.41) is 1.50. The Balaban J connectivity index is 1.64. The first-order valence-corrected chi connectivity index (χ1v) is 10.00. The van der Waals surface area contributed by atoms with Crippen molar-refractivity contribution < 1.29 is 13.9 Å². The van der Waals surface area contributed by atoms with Gasteiger partial charge in [-0.25, -0.2) is 14.8 Å². The fraction of sp³-hybridized carbons (Fsp3) is 0.476. The number of benzene rings is 1.